The van der Waals surface area contributed by atoms with Crippen molar-refractivity contribution in [2.45, 2.75) is 51.6 Å². The predicted molar refractivity (Wildman–Crippen MR) is 98.4 cm³/mol. The average molecular weight is 363 g/mol. The molecule has 0 fully saturated rings. The molecule has 0 aliphatic heterocycles. The minimum absolute atomic E-state index is 0.0540. The van der Waals surface area contributed by atoms with Crippen molar-refractivity contribution in [1.29, 1.82) is 0 Å². The fourth-order valence-electron chi connectivity index (χ4n) is 2.40. The highest BCUT2D eigenvalue weighted by Gasteiger charge is 2.21. The number of hydrogen-bond donors (Lipinski definition) is 0. The monoisotopic (exact) mass is 362 g/mol. The molecule has 0 amide bonds. The molecule has 1 atom stereocenters. The Morgan fingerprint density at radius 1 is 1.25 bits per heavy atom. The Labute approximate surface area is 150 Å². The summed E-state index contributed by atoms with van der Waals surface area (Å²) in [5, 5.41) is 11.5. The van der Waals surface area contributed by atoms with Crippen LogP contribution in [0.2, 0.25) is 0 Å². The van der Waals surface area contributed by atoms with E-state index in [1.165, 1.54) is 5.69 Å². The summed E-state index contributed by atoms with van der Waals surface area (Å²) in [5.74, 6) is 1.80. The van der Waals surface area contributed by atoms with E-state index >= 15 is 0 Å². The maximum atomic E-state index is 5.85. The quantitative estimate of drug-likeness (QED) is 0.570. The lowest BCUT2D eigenvalue weighted by Gasteiger charge is -2.13. The molecular weight excluding hydrogens is 340 g/mol. The van der Waals surface area contributed by atoms with Crippen molar-refractivity contribution < 1.29 is 4.42 Å². The lowest BCUT2D eigenvalue weighted by molar-refractivity contribution is 0.484. The minimum atomic E-state index is 0.0540. The van der Waals surface area contributed by atoms with Crippen LogP contribution in [0.25, 0.3) is 10.8 Å². The third kappa shape index (κ3) is 3.57. The van der Waals surface area contributed by atoms with Gasteiger partial charge in [0.15, 0.2) is 5.16 Å². The van der Waals surface area contributed by atoms with Crippen LogP contribution in [0.15, 0.2) is 27.1 Å². The maximum Gasteiger partial charge on any atom is 0.257 e. The number of rotatable bonds is 6. The third-order valence-electron chi connectivity index (χ3n) is 3.77. The molecule has 0 aliphatic carbocycles. The van der Waals surface area contributed by atoms with Crippen molar-refractivity contribution in [3.63, 3.8) is 0 Å². The van der Waals surface area contributed by atoms with Gasteiger partial charge in [-0.15, -0.1) is 21.5 Å². The Morgan fingerprint density at radius 3 is 2.71 bits per heavy atom. The van der Waals surface area contributed by atoms with Crippen molar-refractivity contribution in [3.05, 3.63) is 34.8 Å². The van der Waals surface area contributed by atoms with E-state index in [1.54, 1.807) is 23.1 Å². The Morgan fingerprint density at radius 2 is 2.04 bits per heavy atom. The van der Waals surface area contributed by atoms with E-state index in [2.05, 4.69) is 49.4 Å². The van der Waals surface area contributed by atoms with Crippen molar-refractivity contribution in [3.8, 4) is 10.8 Å². The second kappa shape index (κ2) is 7.11. The predicted octanol–water partition coefficient (Wildman–Crippen LogP) is 5.12. The molecule has 0 bridgehead atoms. The van der Waals surface area contributed by atoms with E-state index in [1.807, 2.05) is 17.5 Å². The van der Waals surface area contributed by atoms with E-state index in [4.69, 9.17) is 9.40 Å². The summed E-state index contributed by atoms with van der Waals surface area (Å²) in [6.45, 7) is 11.7. The van der Waals surface area contributed by atoms with Gasteiger partial charge in [-0.1, -0.05) is 31.7 Å². The Hall–Kier alpha value is -1.60. The molecule has 3 heterocycles. The van der Waals surface area contributed by atoms with Gasteiger partial charge in [0.1, 0.15) is 0 Å². The second-order valence-electron chi connectivity index (χ2n) is 6.25. The van der Waals surface area contributed by atoms with Crippen molar-refractivity contribution in [1.82, 2.24) is 19.7 Å². The van der Waals surface area contributed by atoms with Crippen LogP contribution in [0.5, 0.6) is 0 Å². The summed E-state index contributed by atoms with van der Waals surface area (Å²) in [4.78, 5) is 5.72. The normalized spacial score (nSPS) is 12.9. The van der Waals surface area contributed by atoms with Gasteiger partial charge in [-0.05, 0) is 38.1 Å². The second-order valence-corrected chi connectivity index (χ2v) is 8.51. The number of nitrogens with zero attached hydrogens (tertiary/aromatic N) is 4. The van der Waals surface area contributed by atoms with Crippen LogP contribution in [-0.4, -0.2) is 19.7 Å². The number of hydrogen-bond acceptors (Lipinski definition) is 6. The molecule has 3 aromatic rings. The van der Waals surface area contributed by atoms with E-state index in [0.717, 1.165) is 22.3 Å². The largest absolute Gasteiger partial charge is 0.419 e. The molecule has 0 N–H and O–H groups in total. The first-order valence-corrected chi connectivity index (χ1v) is 9.79. The fourth-order valence-corrected chi connectivity index (χ4v) is 4.09. The highest BCUT2D eigenvalue weighted by Crippen LogP contribution is 2.36. The van der Waals surface area contributed by atoms with Crippen LogP contribution in [0.1, 0.15) is 43.3 Å². The lowest BCUT2D eigenvalue weighted by atomic mass is 10.2. The summed E-state index contributed by atoms with van der Waals surface area (Å²) in [5.41, 5.74) is 2.30. The molecule has 7 heteroatoms. The Balaban J connectivity index is 1.80. The van der Waals surface area contributed by atoms with Gasteiger partial charge in [-0.2, -0.15) is 0 Å². The molecule has 1 unspecified atom stereocenters. The van der Waals surface area contributed by atoms with Gasteiger partial charge >= 0.3 is 0 Å². The standard InChI is InChI=1S/C17H22N4OS2/c1-10(2)9-21-12(4)11(3)18-17(21)24-13(5)15-19-20-16(22-15)14-7-6-8-23-14/h6-8,10,13H,9H2,1-5H3. The third-order valence-corrected chi connectivity index (χ3v) is 5.71. The van der Waals surface area contributed by atoms with Gasteiger partial charge < -0.3 is 8.98 Å². The van der Waals surface area contributed by atoms with Crippen LogP contribution in [0.3, 0.4) is 0 Å². The van der Waals surface area contributed by atoms with Gasteiger partial charge in [-0.3, -0.25) is 0 Å². The molecule has 0 aliphatic rings. The van der Waals surface area contributed by atoms with Gasteiger partial charge in [0.2, 0.25) is 5.89 Å². The fraction of sp³-hybridized carbons (Fsp3) is 0.471. The molecule has 5 nitrogen and oxygen atoms in total. The van der Waals surface area contributed by atoms with E-state index in [0.29, 0.717) is 17.7 Å². The van der Waals surface area contributed by atoms with Gasteiger partial charge in [-0.25, -0.2) is 4.98 Å². The van der Waals surface area contributed by atoms with Gasteiger partial charge in [0.05, 0.1) is 15.8 Å². The van der Waals surface area contributed by atoms with Crippen LogP contribution in [0.4, 0.5) is 0 Å². The van der Waals surface area contributed by atoms with Gasteiger partial charge in [0.25, 0.3) is 5.89 Å². The molecule has 0 spiro atoms. The number of thiophene rings is 1. The average Bonchev–Trinajstić information content (AvgIpc) is 3.24. The van der Waals surface area contributed by atoms with Crippen LogP contribution >= 0.6 is 23.1 Å². The molecule has 0 radical (unpaired) electrons. The van der Waals surface area contributed by atoms with Crippen molar-refractivity contribution in [2.24, 2.45) is 5.92 Å². The molecule has 0 saturated heterocycles. The van der Waals surface area contributed by atoms with Crippen LogP contribution in [-0.2, 0) is 6.54 Å². The molecule has 3 rings (SSSR count). The van der Waals surface area contributed by atoms with Crippen molar-refractivity contribution >= 4 is 23.1 Å². The van der Waals surface area contributed by atoms with Crippen molar-refractivity contribution in [2.75, 3.05) is 0 Å². The highest BCUT2D eigenvalue weighted by atomic mass is 32.2. The molecule has 0 aromatic carbocycles. The lowest BCUT2D eigenvalue weighted by Crippen LogP contribution is -2.08. The Kier molecular flexibility index (Phi) is 5.10. The summed E-state index contributed by atoms with van der Waals surface area (Å²) in [6.07, 6.45) is 0. The minimum Gasteiger partial charge on any atom is -0.419 e. The molecular formula is C17H22N4OS2. The number of thioether (sulfide) groups is 1. The zero-order valence-electron chi connectivity index (χ0n) is 14.6. The summed E-state index contributed by atoms with van der Waals surface area (Å²) in [6, 6.07) is 3.97. The molecule has 0 saturated carbocycles. The molecule has 128 valence electrons. The first-order valence-electron chi connectivity index (χ1n) is 8.03. The zero-order valence-corrected chi connectivity index (χ0v) is 16.2. The van der Waals surface area contributed by atoms with E-state index < -0.39 is 0 Å². The molecule has 24 heavy (non-hydrogen) atoms. The topological polar surface area (TPSA) is 56.7 Å². The van der Waals surface area contributed by atoms with Gasteiger partial charge in [0, 0.05) is 12.2 Å². The van der Waals surface area contributed by atoms with Crippen LogP contribution < -0.4 is 0 Å². The Bertz CT molecular complexity index is 805. The van der Waals surface area contributed by atoms with E-state index in [9.17, 15) is 0 Å². The smallest absolute Gasteiger partial charge is 0.257 e. The number of imidazole rings is 1. The first-order chi connectivity index (χ1) is 11.5. The SMILES string of the molecule is Cc1nc(SC(C)c2nnc(-c3cccs3)o2)n(CC(C)C)c1C. The highest BCUT2D eigenvalue weighted by molar-refractivity contribution is 7.99. The number of aryl methyl sites for hydroxylation is 1. The number of aromatic nitrogens is 4. The van der Waals surface area contributed by atoms with E-state index in [-0.39, 0.29) is 5.25 Å². The molecule has 3 aromatic heterocycles. The van der Waals surface area contributed by atoms with Crippen LogP contribution in [0, 0.1) is 19.8 Å². The summed E-state index contributed by atoms with van der Waals surface area (Å²) >= 11 is 3.27. The zero-order chi connectivity index (χ0) is 17.3. The maximum absolute atomic E-state index is 5.85. The first kappa shape index (κ1) is 17.2. The summed E-state index contributed by atoms with van der Waals surface area (Å²) < 4.78 is 8.14. The summed E-state index contributed by atoms with van der Waals surface area (Å²) in [7, 11) is 0.